The van der Waals surface area contributed by atoms with Crippen molar-refractivity contribution in [1.82, 2.24) is 5.32 Å². The third-order valence-corrected chi connectivity index (χ3v) is 3.00. The van der Waals surface area contributed by atoms with Gasteiger partial charge in [-0.3, -0.25) is 4.79 Å². The van der Waals surface area contributed by atoms with Crippen molar-refractivity contribution in [3.8, 4) is 0 Å². The fourth-order valence-corrected chi connectivity index (χ4v) is 1.99. The number of carbonyl (C=O) groups excluding carboxylic acids is 1. The highest BCUT2D eigenvalue weighted by Crippen LogP contribution is 2.05. The van der Waals surface area contributed by atoms with E-state index in [-0.39, 0.29) is 5.91 Å². The predicted molar refractivity (Wildman–Crippen MR) is 74.9 cm³/mol. The van der Waals surface area contributed by atoms with Gasteiger partial charge in [-0.15, -0.1) is 0 Å². The average Bonchev–Trinajstić information content (AvgIpc) is 2.89. The van der Waals surface area contributed by atoms with Gasteiger partial charge >= 0.3 is 0 Å². The Morgan fingerprint density at radius 2 is 2.11 bits per heavy atom. The Hall–Kier alpha value is -2.03. The highest BCUT2D eigenvalue weighted by Gasteiger charge is 2.03. The van der Waals surface area contributed by atoms with Crippen molar-refractivity contribution in [1.29, 1.82) is 0 Å². The van der Waals surface area contributed by atoms with E-state index in [0.29, 0.717) is 19.4 Å². The molecule has 1 aromatic carbocycles. The van der Waals surface area contributed by atoms with E-state index in [2.05, 4.69) is 30.4 Å². The van der Waals surface area contributed by atoms with E-state index in [9.17, 15) is 4.79 Å². The van der Waals surface area contributed by atoms with Crippen LogP contribution in [0.1, 0.15) is 23.3 Å². The number of furan rings is 1. The monoisotopic (exact) mass is 257 g/mol. The standard InChI is InChI=1S/C16H19NO2/c1-13-4-2-5-14(12-13)9-10-17-16(18)8-7-15-6-3-11-19-15/h2-6,11-12H,7-10H2,1H3,(H,17,18). The van der Waals surface area contributed by atoms with Gasteiger partial charge in [0.1, 0.15) is 5.76 Å². The molecule has 0 fully saturated rings. The smallest absolute Gasteiger partial charge is 0.220 e. The van der Waals surface area contributed by atoms with Crippen molar-refractivity contribution in [2.75, 3.05) is 6.54 Å². The van der Waals surface area contributed by atoms with Crippen LogP contribution in [-0.4, -0.2) is 12.5 Å². The molecular weight excluding hydrogens is 238 g/mol. The molecule has 0 atom stereocenters. The Bertz CT molecular complexity index is 517. The zero-order chi connectivity index (χ0) is 13.5. The van der Waals surface area contributed by atoms with Gasteiger partial charge in [-0.1, -0.05) is 29.8 Å². The molecule has 2 rings (SSSR count). The van der Waals surface area contributed by atoms with Crippen molar-refractivity contribution < 1.29 is 9.21 Å². The van der Waals surface area contributed by atoms with E-state index in [1.54, 1.807) is 6.26 Å². The van der Waals surface area contributed by atoms with Crippen molar-refractivity contribution >= 4 is 5.91 Å². The first kappa shape index (κ1) is 13.4. The van der Waals surface area contributed by atoms with Crippen LogP contribution in [0, 0.1) is 6.92 Å². The van der Waals surface area contributed by atoms with Crippen molar-refractivity contribution in [3.05, 3.63) is 59.5 Å². The molecule has 0 radical (unpaired) electrons. The Labute approximate surface area is 113 Å². The maximum Gasteiger partial charge on any atom is 0.220 e. The summed E-state index contributed by atoms with van der Waals surface area (Å²) in [5.74, 6) is 0.929. The van der Waals surface area contributed by atoms with E-state index in [4.69, 9.17) is 4.42 Å². The van der Waals surface area contributed by atoms with Crippen LogP contribution in [0.2, 0.25) is 0 Å². The molecule has 19 heavy (non-hydrogen) atoms. The molecule has 0 spiro atoms. The number of nitrogens with one attached hydrogen (secondary N) is 1. The SMILES string of the molecule is Cc1cccc(CCNC(=O)CCc2ccco2)c1. The number of hydrogen-bond acceptors (Lipinski definition) is 2. The van der Waals surface area contributed by atoms with E-state index in [0.717, 1.165) is 12.2 Å². The summed E-state index contributed by atoms with van der Waals surface area (Å²) >= 11 is 0. The van der Waals surface area contributed by atoms with Crippen molar-refractivity contribution in [2.45, 2.75) is 26.2 Å². The molecule has 1 N–H and O–H groups in total. The molecule has 1 aromatic heterocycles. The van der Waals surface area contributed by atoms with Gasteiger partial charge in [0, 0.05) is 19.4 Å². The summed E-state index contributed by atoms with van der Waals surface area (Å²) in [4.78, 5) is 11.6. The van der Waals surface area contributed by atoms with Crippen molar-refractivity contribution in [2.24, 2.45) is 0 Å². The largest absolute Gasteiger partial charge is 0.469 e. The Kier molecular flexibility index (Phi) is 4.78. The molecular formula is C16H19NO2. The molecule has 2 aromatic rings. The molecule has 3 heteroatoms. The van der Waals surface area contributed by atoms with Gasteiger partial charge in [0.15, 0.2) is 0 Å². The van der Waals surface area contributed by atoms with E-state index in [1.807, 2.05) is 18.2 Å². The minimum absolute atomic E-state index is 0.0732. The first-order chi connectivity index (χ1) is 9.24. The highest BCUT2D eigenvalue weighted by atomic mass is 16.3. The number of aryl methyl sites for hydroxylation is 2. The second-order valence-corrected chi connectivity index (χ2v) is 4.67. The average molecular weight is 257 g/mol. The summed E-state index contributed by atoms with van der Waals surface area (Å²) in [6, 6.07) is 12.1. The molecule has 0 bridgehead atoms. The lowest BCUT2D eigenvalue weighted by Gasteiger charge is -2.05. The lowest BCUT2D eigenvalue weighted by Crippen LogP contribution is -2.25. The van der Waals surface area contributed by atoms with E-state index >= 15 is 0 Å². The summed E-state index contributed by atoms with van der Waals surface area (Å²) in [7, 11) is 0. The number of hydrogen-bond donors (Lipinski definition) is 1. The third-order valence-electron chi connectivity index (χ3n) is 3.00. The van der Waals surface area contributed by atoms with Crippen LogP contribution < -0.4 is 5.32 Å². The molecule has 0 unspecified atom stereocenters. The zero-order valence-electron chi connectivity index (χ0n) is 11.2. The van der Waals surface area contributed by atoms with E-state index < -0.39 is 0 Å². The Morgan fingerprint density at radius 1 is 1.21 bits per heavy atom. The summed E-state index contributed by atoms with van der Waals surface area (Å²) in [5.41, 5.74) is 2.51. The molecule has 1 heterocycles. The maximum absolute atomic E-state index is 11.6. The van der Waals surface area contributed by atoms with Crippen LogP contribution >= 0.6 is 0 Å². The van der Waals surface area contributed by atoms with Crippen LogP contribution in [0.15, 0.2) is 47.1 Å². The lowest BCUT2D eigenvalue weighted by molar-refractivity contribution is -0.121. The van der Waals surface area contributed by atoms with Gasteiger partial charge in [0.05, 0.1) is 6.26 Å². The lowest BCUT2D eigenvalue weighted by atomic mass is 10.1. The fraction of sp³-hybridized carbons (Fsp3) is 0.312. The predicted octanol–water partition coefficient (Wildman–Crippen LogP) is 2.88. The number of benzene rings is 1. The second-order valence-electron chi connectivity index (χ2n) is 4.67. The zero-order valence-corrected chi connectivity index (χ0v) is 11.2. The molecule has 3 nitrogen and oxygen atoms in total. The molecule has 0 aliphatic heterocycles. The minimum Gasteiger partial charge on any atom is -0.469 e. The highest BCUT2D eigenvalue weighted by molar-refractivity contribution is 5.76. The molecule has 100 valence electrons. The summed E-state index contributed by atoms with van der Waals surface area (Å²) in [5, 5.41) is 2.93. The van der Waals surface area contributed by atoms with E-state index in [1.165, 1.54) is 11.1 Å². The minimum atomic E-state index is 0.0732. The van der Waals surface area contributed by atoms with Crippen LogP contribution in [0.3, 0.4) is 0 Å². The van der Waals surface area contributed by atoms with Crippen LogP contribution in [0.4, 0.5) is 0 Å². The quantitative estimate of drug-likeness (QED) is 0.864. The van der Waals surface area contributed by atoms with Crippen LogP contribution in [0.5, 0.6) is 0 Å². The fourth-order valence-electron chi connectivity index (χ4n) is 1.99. The molecule has 0 saturated heterocycles. The Balaban J connectivity index is 1.66. The summed E-state index contributed by atoms with van der Waals surface area (Å²) in [6.45, 7) is 2.76. The van der Waals surface area contributed by atoms with Crippen molar-refractivity contribution in [3.63, 3.8) is 0 Å². The topological polar surface area (TPSA) is 42.2 Å². The maximum atomic E-state index is 11.6. The van der Waals surface area contributed by atoms with Gasteiger partial charge in [0.2, 0.25) is 5.91 Å². The summed E-state index contributed by atoms with van der Waals surface area (Å²) < 4.78 is 5.19. The van der Waals surface area contributed by atoms with Gasteiger partial charge in [0.25, 0.3) is 0 Å². The number of amides is 1. The first-order valence-electron chi connectivity index (χ1n) is 6.58. The molecule has 0 aliphatic carbocycles. The summed E-state index contributed by atoms with van der Waals surface area (Å²) in [6.07, 6.45) is 3.63. The Morgan fingerprint density at radius 3 is 2.84 bits per heavy atom. The number of carbonyl (C=O) groups is 1. The third kappa shape index (κ3) is 4.62. The number of rotatable bonds is 6. The normalized spacial score (nSPS) is 10.4. The van der Waals surface area contributed by atoms with Gasteiger partial charge in [-0.05, 0) is 31.0 Å². The van der Waals surface area contributed by atoms with Gasteiger partial charge < -0.3 is 9.73 Å². The first-order valence-corrected chi connectivity index (χ1v) is 6.58. The van der Waals surface area contributed by atoms with Crippen LogP contribution in [-0.2, 0) is 17.6 Å². The molecule has 1 amide bonds. The van der Waals surface area contributed by atoms with Gasteiger partial charge in [-0.25, -0.2) is 0 Å². The van der Waals surface area contributed by atoms with Gasteiger partial charge in [-0.2, -0.15) is 0 Å². The second kappa shape index (κ2) is 6.78. The van der Waals surface area contributed by atoms with Crippen LogP contribution in [0.25, 0.3) is 0 Å². The molecule has 0 saturated carbocycles. The molecule has 0 aliphatic rings.